The van der Waals surface area contributed by atoms with Crippen molar-refractivity contribution in [2.45, 2.75) is 6.18 Å². The third kappa shape index (κ3) is 5.94. The third-order valence-corrected chi connectivity index (χ3v) is 5.30. The van der Waals surface area contributed by atoms with Gasteiger partial charge in [-0.2, -0.15) is 24.5 Å². The van der Waals surface area contributed by atoms with Gasteiger partial charge >= 0.3 is 12.2 Å². The zero-order chi connectivity index (χ0) is 20.9. The molecule has 6 nitrogen and oxygen atoms in total. The third-order valence-electron chi connectivity index (χ3n) is 4.62. The summed E-state index contributed by atoms with van der Waals surface area (Å²) in [5, 5.41) is 9.14. The van der Waals surface area contributed by atoms with Crippen molar-refractivity contribution in [3.05, 3.63) is 52.2 Å². The number of hydrogen-bond donors (Lipinski definition) is 2. The van der Waals surface area contributed by atoms with E-state index in [1.54, 1.807) is 16.3 Å². The van der Waals surface area contributed by atoms with Gasteiger partial charge in [0, 0.05) is 55.9 Å². The van der Waals surface area contributed by atoms with Crippen LogP contribution in [-0.2, 0) is 6.18 Å². The minimum absolute atomic E-state index is 0.0965. The van der Waals surface area contributed by atoms with Crippen LogP contribution in [0.4, 0.5) is 23.7 Å². The largest absolute Gasteiger partial charge is 0.416 e. The number of urea groups is 1. The average molecular weight is 426 g/mol. The van der Waals surface area contributed by atoms with Gasteiger partial charge in [-0.15, -0.1) is 0 Å². The molecule has 0 atom stereocenters. The number of carbonyl (C=O) groups is 2. The zero-order valence-electron chi connectivity index (χ0n) is 15.5. The summed E-state index contributed by atoms with van der Waals surface area (Å²) in [6.45, 7) is 3.54. The van der Waals surface area contributed by atoms with E-state index in [0.717, 1.165) is 12.1 Å². The maximum Gasteiger partial charge on any atom is 0.416 e. The molecule has 0 radical (unpaired) electrons. The SMILES string of the molecule is O=C(NCCN1CCN(C(=O)Nc2ccc(C(F)(F)F)cc2)CC1)c1ccsc1. The first-order chi connectivity index (χ1) is 13.8. The number of benzene rings is 1. The van der Waals surface area contributed by atoms with Crippen LogP contribution >= 0.6 is 11.3 Å². The number of nitrogens with one attached hydrogen (secondary N) is 2. The lowest BCUT2D eigenvalue weighted by Gasteiger charge is -2.34. The molecule has 0 aliphatic carbocycles. The molecule has 1 aliphatic heterocycles. The molecule has 3 amide bonds. The van der Waals surface area contributed by atoms with Gasteiger partial charge in [0.05, 0.1) is 5.56 Å². The molecule has 1 fully saturated rings. The van der Waals surface area contributed by atoms with E-state index in [1.165, 1.54) is 23.5 Å². The molecule has 1 aromatic carbocycles. The monoisotopic (exact) mass is 426 g/mol. The summed E-state index contributed by atoms with van der Waals surface area (Å²) in [5.41, 5.74) is 0.219. The number of hydrogen-bond acceptors (Lipinski definition) is 4. The molecule has 1 aliphatic rings. The van der Waals surface area contributed by atoms with Crippen molar-refractivity contribution < 1.29 is 22.8 Å². The smallest absolute Gasteiger partial charge is 0.351 e. The number of piperazine rings is 1. The Morgan fingerprint density at radius 2 is 1.72 bits per heavy atom. The molecule has 156 valence electrons. The molecular weight excluding hydrogens is 405 g/mol. The van der Waals surface area contributed by atoms with Gasteiger partial charge < -0.3 is 15.5 Å². The van der Waals surface area contributed by atoms with Gasteiger partial charge in [0.1, 0.15) is 0 Å². The van der Waals surface area contributed by atoms with E-state index in [9.17, 15) is 22.8 Å². The summed E-state index contributed by atoms with van der Waals surface area (Å²) < 4.78 is 37.8. The fourth-order valence-electron chi connectivity index (χ4n) is 2.94. The van der Waals surface area contributed by atoms with Crippen molar-refractivity contribution in [1.82, 2.24) is 15.1 Å². The standard InChI is InChI=1S/C19H21F3N4O2S/c20-19(21,22)15-1-3-16(4-2-15)24-18(28)26-10-8-25(9-11-26)7-6-23-17(27)14-5-12-29-13-14/h1-5,12-13H,6-11H2,(H,23,27)(H,24,28). The number of amides is 3. The Kier molecular flexibility index (Phi) is 6.75. The maximum atomic E-state index is 12.6. The predicted octanol–water partition coefficient (Wildman–Crippen LogP) is 3.35. The van der Waals surface area contributed by atoms with Crippen molar-refractivity contribution in [2.75, 3.05) is 44.6 Å². The predicted molar refractivity (Wildman–Crippen MR) is 105 cm³/mol. The second kappa shape index (κ2) is 9.27. The van der Waals surface area contributed by atoms with Crippen molar-refractivity contribution >= 4 is 29.0 Å². The Hall–Kier alpha value is -2.59. The van der Waals surface area contributed by atoms with E-state index < -0.39 is 11.7 Å². The van der Waals surface area contributed by atoms with E-state index in [0.29, 0.717) is 50.5 Å². The normalized spacial score (nSPS) is 15.2. The molecule has 2 aromatic rings. The van der Waals surface area contributed by atoms with Crippen molar-refractivity contribution in [3.8, 4) is 0 Å². The minimum atomic E-state index is -4.40. The van der Waals surface area contributed by atoms with E-state index in [2.05, 4.69) is 15.5 Å². The first-order valence-corrected chi connectivity index (χ1v) is 10.0. The molecule has 0 unspecified atom stereocenters. The molecule has 3 rings (SSSR count). The van der Waals surface area contributed by atoms with Crippen molar-refractivity contribution in [1.29, 1.82) is 0 Å². The average Bonchev–Trinajstić information content (AvgIpc) is 3.23. The number of halogens is 3. The zero-order valence-corrected chi connectivity index (χ0v) is 16.4. The second-order valence-corrected chi connectivity index (χ2v) is 7.38. The number of anilines is 1. The van der Waals surface area contributed by atoms with Crippen LogP contribution in [0.15, 0.2) is 41.1 Å². The van der Waals surface area contributed by atoms with E-state index in [1.807, 2.05) is 5.38 Å². The lowest BCUT2D eigenvalue weighted by Crippen LogP contribution is -2.51. The molecule has 0 bridgehead atoms. The molecule has 10 heteroatoms. The van der Waals surface area contributed by atoms with Crippen LogP contribution in [0.25, 0.3) is 0 Å². The van der Waals surface area contributed by atoms with E-state index in [-0.39, 0.29) is 11.9 Å². The molecule has 1 aromatic heterocycles. The van der Waals surface area contributed by atoms with Gasteiger partial charge in [-0.3, -0.25) is 9.69 Å². The van der Waals surface area contributed by atoms with Crippen LogP contribution in [0.2, 0.25) is 0 Å². The van der Waals surface area contributed by atoms with Crippen LogP contribution in [0, 0.1) is 0 Å². The van der Waals surface area contributed by atoms with Crippen LogP contribution in [0.1, 0.15) is 15.9 Å². The van der Waals surface area contributed by atoms with Gasteiger partial charge in [0.2, 0.25) is 0 Å². The summed E-state index contributed by atoms with van der Waals surface area (Å²) in [6.07, 6.45) is -4.40. The molecule has 1 saturated heterocycles. The molecule has 0 saturated carbocycles. The van der Waals surface area contributed by atoms with Crippen LogP contribution < -0.4 is 10.6 Å². The summed E-state index contributed by atoms with van der Waals surface area (Å²) in [4.78, 5) is 28.0. The highest BCUT2D eigenvalue weighted by Crippen LogP contribution is 2.29. The number of rotatable bonds is 5. The Labute approximate surface area is 170 Å². The van der Waals surface area contributed by atoms with Crippen LogP contribution in [0.5, 0.6) is 0 Å². The highest BCUT2D eigenvalue weighted by Gasteiger charge is 2.30. The maximum absolute atomic E-state index is 12.6. The van der Waals surface area contributed by atoms with Gasteiger partial charge in [-0.05, 0) is 35.7 Å². The fourth-order valence-corrected chi connectivity index (χ4v) is 3.58. The Morgan fingerprint density at radius 3 is 2.31 bits per heavy atom. The molecule has 2 heterocycles. The van der Waals surface area contributed by atoms with E-state index >= 15 is 0 Å². The quantitative estimate of drug-likeness (QED) is 0.771. The highest BCUT2D eigenvalue weighted by atomic mass is 32.1. The molecule has 2 N–H and O–H groups in total. The van der Waals surface area contributed by atoms with Crippen LogP contribution in [-0.4, -0.2) is 61.0 Å². The van der Waals surface area contributed by atoms with E-state index in [4.69, 9.17) is 0 Å². The van der Waals surface area contributed by atoms with Crippen molar-refractivity contribution in [3.63, 3.8) is 0 Å². The summed E-state index contributed by atoms with van der Waals surface area (Å²) in [7, 11) is 0. The summed E-state index contributed by atoms with van der Waals surface area (Å²) in [5.74, 6) is -0.0965. The lowest BCUT2D eigenvalue weighted by molar-refractivity contribution is -0.137. The summed E-state index contributed by atoms with van der Waals surface area (Å²) >= 11 is 1.47. The first-order valence-electron chi connectivity index (χ1n) is 9.09. The minimum Gasteiger partial charge on any atom is -0.351 e. The second-order valence-electron chi connectivity index (χ2n) is 6.60. The summed E-state index contributed by atoms with van der Waals surface area (Å²) in [6, 6.07) is 5.81. The molecular formula is C19H21F3N4O2S. The van der Waals surface area contributed by atoms with Crippen molar-refractivity contribution in [2.24, 2.45) is 0 Å². The number of thiophene rings is 1. The number of carbonyl (C=O) groups excluding carboxylic acids is 2. The van der Waals surface area contributed by atoms with Crippen LogP contribution in [0.3, 0.4) is 0 Å². The van der Waals surface area contributed by atoms with Gasteiger partial charge in [-0.1, -0.05) is 0 Å². The topological polar surface area (TPSA) is 64.7 Å². The fraction of sp³-hybridized carbons (Fsp3) is 0.368. The Morgan fingerprint density at radius 1 is 1.03 bits per heavy atom. The Bertz CT molecular complexity index is 817. The van der Waals surface area contributed by atoms with Gasteiger partial charge in [0.15, 0.2) is 0 Å². The lowest BCUT2D eigenvalue weighted by atomic mass is 10.2. The molecule has 0 spiro atoms. The van der Waals surface area contributed by atoms with Gasteiger partial charge in [0.25, 0.3) is 5.91 Å². The highest BCUT2D eigenvalue weighted by molar-refractivity contribution is 7.08. The molecule has 29 heavy (non-hydrogen) atoms. The first kappa shape index (κ1) is 21.1. The van der Waals surface area contributed by atoms with Gasteiger partial charge in [-0.25, -0.2) is 4.79 Å². The Balaban J connectivity index is 1.38. The number of alkyl halides is 3. The number of nitrogens with zero attached hydrogens (tertiary/aromatic N) is 2.